The summed E-state index contributed by atoms with van der Waals surface area (Å²) in [7, 11) is 0. The summed E-state index contributed by atoms with van der Waals surface area (Å²) in [4.78, 5) is 14.3. The van der Waals surface area contributed by atoms with Crippen LogP contribution in [0.4, 0.5) is 4.39 Å². The van der Waals surface area contributed by atoms with Crippen molar-refractivity contribution in [2.24, 2.45) is 0 Å². The van der Waals surface area contributed by atoms with Crippen LogP contribution in [0.15, 0.2) is 41.0 Å². The SMILES string of the molecule is O=C(O)c1ccc(Oc2cc(F)cc(Br)c2)cn1. The number of pyridine rings is 1. The molecule has 92 valence electrons. The minimum Gasteiger partial charge on any atom is -0.477 e. The molecule has 0 spiro atoms. The molecule has 0 aliphatic carbocycles. The summed E-state index contributed by atoms with van der Waals surface area (Å²) < 4.78 is 19.0. The molecular formula is C12H7BrFNO3. The first-order valence-electron chi connectivity index (χ1n) is 4.88. The lowest BCUT2D eigenvalue weighted by Crippen LogP contribution is -1.99. The molecule has 0 radical (unpaired) electrons. The van der Waals surface area contributed by atoms with Gasteiger partial charge in [-0.25, -0.2) is 14.2 Å². The van der Waals surface area contributed by atoms with Crippen molar-refractivity contribution in [2.45, 2.75) is 0 Å². The first-order chi connectivity index (χ1) is 8.54. The maximum Gasteiger partial charge on any atom is 0.354 e. The summed E-state index contributed by atoms with van der Waals surface area (Å²) in [6.45, 7) is 0. The van der Waals surface area contributed by atoms with Crippen LogP contribution in [-0.2, 0) is 0 Å². The fourth-order valence-corrected chi connectivity index (χ4v) is 1.74. The summed E-state index contributed by atoms with van der Waals surface area (Å²) in [6, 6.07) is 6.88. The monoisotopic (exact) mass is 311 g/mol. The summed E-state index contributed by atoms with van der Waals surface area (Å²) in [5, 5.41) is 8.68. The van der Waals surface area contributed by atoms with E-state index in [1.54, 1.807) is 6.07 Å². The van der Waals surface area contributed by atoms with Crippen LogP contribution in [0, 0.1) is 5.82 Å². The Morgan fingerprint density at radius 2 is 2.06 bits per heavy atom. The first kappa shape index (κ1) is 12.5. The van der Waals surface area contributed by atoms with Gasteiger partial charge in [0.05, 0.1) is 6.20 Å². The number of carboxylic acids is 1. The highest BCUT2D eigenvalue weighted by atomic mass is 79.9. The number of aromatic carboxylic acids is 1. The van der Waals surface area contributed by atoms with Crippen molar-refractivity contribution in [3.05, 3.63) is 52.5 Å². The van der Waals surface area contributed by atoms with E-state index in [4.69, 9.17) is 9.84 Å². The molecule has 0 atom stereocenters. The molecule has 1 aromatic heterocycles. The van der Waals surface area contributed by atoms with Gasteiger partial charge in [0.1, 0.15) is 23.0 Å². The minimum atomic E-state index is -1.12. The van der Waals surface area contributed by atoms with E-state index >= 15 is 0 Å². The van der Waals surface area contributed by atoms with Gasteiger partial charge in [0.15, 0.2) is 0 Å². The van der Waals surface area contributed by atoms with Crippen LogP contribution in [0.2, 0.25) is 0 Å². The van der Waals surface area contributed by atoms with Gasteiger partial charge < -0.3 is 9.84 Å². The number of nitrogens with zero attached hydrogens (tertiary/aromatic N) is 1. The maximum atomic E-state index is 13.1. The van der Waals surface area contributed by atoms with E-state index in [-0.39, 0.29) is 5.69 Å². The average Bonchev–Trinajstić information content (AvgIpc) is 2.28. The van der Waals surface area contributed by atoms with Gasteiger partial charge in [-0.2, -0.15) is 0 Å². The molecule has 0 amide bonds. The standard InChI is InChI=1S/C12H7BrFNO3/c13-7-3-8(14)5-10(4-7)18-9-1-2-11(12(16)17)15-6-9/h1-6H,(H,16,17). The minimum absolute atomic E-state index is 0.0808. The molecule has 6 heteroatoms. The van der Waals surface area contributed by atoms with Gasteiger partial charge in [0.25, 0.3) is 0 Å². The predicted octanol–water partition coefficient (Wildman–Crippen LogP) is 3.47. The molecule has 1 aromatic carbocycles. The van der Waals surface area contributed by atoms with Crippen molar-refractivity contribution in [1.29, 1.82) is 0 Å². The lowest BCUT2D eigenvalue weighted by Gasteiger charge is -2.06. The second-order valence-corrected chi connectivity index (χ2v) is 4.31. The lowest BCUT2D eigenvalue weighted by molar-refractivity contribution is 0.0690. The summed E-state index contributed by atoms with van der Waals surface area (Å²) in [5.74, 6) is -0.922. The zero-order chi connectivity index (χ0) is 13.1. The number of hydrogen-bond acceptors (Lipinski definition) is 3. The molecule has 1 heterocycles. The van der Waals surface area contributed by atoms with E-state index in [2.05, 4.69) is 20.9 Å². The van der Waals surface area contributed by atoms with Gasteiger partial charge in [0, 0.05) is 10.5 Å². The maximum absolute atomic E-state index is 13.1. The highest BCUT2D eigenvalue weighted by Crippen LogP contribution is 2.25. The van der Waals surface area contributed by atoms with Gasteiger partial charge in [-0.05, 0) is 24.3 Å². The molecule has 4 nitrogen and oxygen atoms in total. The Bertz CT molecular complexity index is 566. The fraction of sp³-hybridized carbons (Fsp3) is 0. The van der Waals surface area contributed by atoms with Gasteiger partial charge in [0.2, 0.25) is 0 Å². The third kappa shape index (κ3) is 3.04. The van der Waals surface area contributed by atoms with E-state index in [9.17, 15) is 9.18 Å². The molecule has 18 heavy (non-hydrogen) atoms. The van der Waals surface area contributed by atoms with Crippen molar-refractivity contribution in [3.63, 3.8) is 0 Å². The topological polar surface area (TPSA) is 59.4 Å². The molecule has 0 bridgehead atoms. The van der Waals surface area contributed by atoms with E-state index in [0.29, 0.717) is 16.0 Å². The molecule has 2 aromatic rings. The quantitative estimate of drug-likeness (QED) is 0.943. The van der Waals surface area contributed by atoms with Crippen molar-refractivity contribution >= 4 is 21.9 Å². The van der Waals surface area contributed by atoms with Gasteiger partial charge in [-0.1, -0.05) is 15.9 Å². The number of ether oxygens (including phenoxy) is 1. The van der Waals surface area contributed by atoms with Crippen LogP contribution >= 0.6 is 15.9 Å². The Balaban J connectivity index is 2.20. The largest absolute Gasteiger partial charge is 0.477 e. The summed E-state index contributed by atoms with van der Waals surface area (Å²) >= 11 is 3.14. The molecule has 0 saturated heterocycles. The van der Waals surface area contributed by atoms with Gasteiger partial charge >= 0.3 is 5.97 Å². The van der Waals surface area contributed by atoms with Gasteiger partial charge in [-0.3, -0.25) is 0 Å². The number of rotatable bonds is 3. The molecule has 1 N–H and O–H groups in total. The average molecular weight is 312 g/mol. The van der Waals surface area contributed by atoms with E-state index in [1.165, 1.54) is 30.5 Å². The Labute approximate surface area is 110 Å². The Morgan fingerprint density at radius 1 is 1.28 bits per heavy atom. The summed E-state index contributed by atoms with van der Waals surface area (Å²) in [5.41, 5.74) is -0.0808. The number of carboxylic acid groups (broad SMARTS) is 1. The second kappa shape index (κ2) is 5.14. The highest BCUT2D eigenvalue weighted by molar-refractivity contribution is 9.10. The van der Waals surface area contributed by atoms with Crippen molar-refractivity contribution in [3.8, 4) is 11.5 Å². The number of aromatic nitrogens is 1. The predicted molar refractivity (Wildman–Crippen MR) is 65.4 cm³/mol. The van der Waals surface area contributed by atoms with E-state index in [1.807, 2.05) is 0 Å². The molecule has 2 rings (SSSR count). The molecule has 0 aliphatic heterocycles. The van der Waals surface area contributed by atoms with Crippen LogP contribution in [0.1, 0.15) is 10.5 Å². The van der Waals surface area contributed by atoms with Gasteiger partial charge in [-0.15, -0.1) is 0 Å². The van der Waals surface area contributed by atoms with Crippen LogP contribution in [0.5, 0.6) is 11.5 Å². The van der Waals surface area contributed by atoms with Crippen molar-refractivity contribution in [1.82, 2.24) is 4.98 Å². The van der Waals surface area contributed by atoms with Crippen molar-refractivity contribution < 1.29 is 19.0 Å². The summed E-state index contributed by atoms with van der Waals surface area (Å²) in [6.07, 6.45) is 1.27. The number of hydrogen-bond donors (Lipinski definition) is 1. The van der Waals surface area contributed by atoms with E-state index in [0.717, 1.165) is 0 Å². The molecule has 0 saturated carbocycles. The smallest absolute Gasteiger partial charge is 0.354 e. The Morgan fingerprint density at radius 3 is 2.61 bits per heavy atom. The first-order valence-corrected chi connectivity index (χ1v) is 5.67. The zero-order valence-electron chi connectivity index (χ0n) is 8.93. The molecule has 0 aliphatic rings. The van der Waals surface area contributed by atoms with Crippen LogP contribution in [0.25, 0.3) is 0 Å². The van der Waals surface area contributed by atoms with Crippen LogP contribution in [0.3, 0.4) is 0 Å². The third-order valence-electron chi connectivity index (χ3n) is 2.03. The second-order valence-electron chi connectivity index (χ2n) is 3.39. The number of carbonyl (C=O) groups is 1. The Hall–Kier alpha value is -1.95. The zero-order valence-corrected chi connectivity index (χ0v) is 10.5. The fourth-order valence-electron chi connectivity index (χ4n) is 1.29. The Kier molecular flexibility index (Phi) is 3.57. The van der Waals surface area contributed by atoms with Crippen LogP contribution < -0.4 is 4.74 Å². The van der Waals surface area contributed by atoms with Crippen LogP contribution in [-0.4, -0.2) is 16.1 Å². The molecule has 0 unspecified atom stereocenters. The molecule has 0 fully saturated rings. The van der Waals surface area contributed by atoms with E-state index < -0.39 is 11.8 Å². The molecular weight excluding hydrogens is 305 g/mol. The number of benzene rings is 1. The number of halogens is 2. The normalized spacial score (nSPS) is 10.1. The van der Waals surface area contributed by atoms with Crippen molar-refractivity contribution in [2.75, 3.05) is 0 Å². The lowest BCUT2D eigenvalue weighted by atomic mass is 10.3. The third-order valence-corrected chi connectivity index (χ3v) is 2.49. The highest BCUT2D eigenvalue weighted by Gasteiger charge is 2.05.